The normalized spacial score (nSPS) is 16.1. The molecule has 4 nitrogen and oxygen atoms in total. The molecule has 7 heteroatoms. The molecule has 0 spiro atoms. The monoisotopic (exact) mass is 405 g/mol. The van der Waals surface area contributed by atoms with Crippen molar-refractivity contribution in [1.29, 1.82) is 0 Å². The molecule has 29 heavy (non-hydrogen) atoms. The van der Waals surface area contributed by atoms with Gasteiger partial charge >= 0.3 is 12.2 Å². The number of carbonyl (C=O) groups is 1. The second-order valence-corrected chi connectivity index (χ2v) is 7.60. The molecule has 1 saturated heterocycles. The zero-order valence-corrected chi connectivity index (χ0v) is 16.6. The first-order valence-electron chi connectivity index (χ1n) is 9.78. The molecule has 1 heterocycles. The molecule has 0 aliphatic carbocycles. The van der Waals surface area contributed by atoms with Crippen molar-refractivity contribution in [3.05, 3.63) is 65.7 Å². The van der Waals surface area contributed by atoms with Crippen molar-refractivity contribution in [3.63, 3.8) is 0 Å². The van der Waals surface area contributed by atoms with Crippen molar-refractivity contribution in [2.24, 2.45) is 5.92 Å². The highest BCUT2D eigenvalue weighted by Gasteiger charge is 2.31. The highest BCUT2D eigenvalue weighted by Crippen LogP contribution is 2.32. The Bertz CT molecular complexity index is 816. The Morgan fingerprint density at radius 3 is 2.21 bits per heavy atom. The van der Waals surface area contributed by atoms with Crippen molar-refractivity contribution < 1.29 is 18.0 Å². The maximum absolute atomic E-state index is 12.9. The molecular formula is C22H26F3N3O. The number of alkyl halides is 3. The van der Waals surface area contributed by atoms with E-state index >= 15 is 0 Å². The summed E-state index contributed by atoms with van der Waals surface area (Å²) >= 11 is 0. The van der Waals surface area contributed by atoms with Gasteiger partial charge in [0.2, 0.25) is 0 Å². The summed E-state index contributed by atoms with van der Waals surface area (Å²) < 4.78 is 38.8. The number of halogens is 3. The molecule has 1 aliphatic heterocycles. The Morgan fingerprint density at radius 1 is 0.966 bits per heavy atom. The SMILES string of the molecule is CC(C)C(NC(=O)N1CCN(c2cccc(C(F)(F)F)c2)CC1)c1ccccc1. The van der Waals surface area contributed by atoms with Crippen LogP contribution in [0.25, 0.3) is 0 Å². The van der Waals surface area contributed by atoms with E-state index < -0.39 is 11.7 Å². The zero-order chi connectivity index (χ0) is 21.0. The van der Waals surface area contributed by atoms with E-state index in [1.165, 1.54) is 12.1 Å². The average Bonchev–Trinajstić information content (AvgIpc) is 2.72. The van der Waals surface area contributed by atoms with Gasteiger partial charge in [0.05, 0.1) is 11.6 Å². The Hall–Kier alpha value is -2.70. The number of nitrogens with zero attached hydrogens (tertiary/aromatic N) is 2. The minimum atomic E-state index is -4.36. The molecule has 1 atom stereocenters. The van der Waals surface area contributed by atoms with Crippen LogP contribution in [0.4, 0.5) is 23.7 Å². The van der Waals surface area contributed by atoms with E-state index in [2.05, 4.69) is 19.2 Å². The molecule has 1 fully saturated rings. The summed E-state index contributed by atoms with van der Waals surface area (Å²) in [6.45, 7) is 6.02. The van der Waals surface area contributed by atoms with Crippen molar-refractivity contribution in [1.82, 2.24) is 10.2 Å². The van der Waals surface area contributed by atoms with E-state index in [-0.39, 0.29) is 18.0 Å². The van der Waals surface area contributed by atoms with E-state index in [1.54, 1.807) is 11.0 Å². The smallest absolute Gasteiger partial charge is 0.368 e. The predicted molar refractivity (Wildman–Crippen MR) is 108 cm³/mol. The van der Waals surface area contributed by atoms with Crippen LogP contribution in [0.5, 0.6) is 0 Å². The molecule has 0 saturated carbocycles. The second-order valence-electron chi connectivity index (χ2n) is 7.60. The lowest BCUT2D eigenvalue weighted by Gasteiger charge is -2.37. The summed E-state index contributed by atoms with van der Waals surface area (Å²) in [6, 6.07) is 14.9. The molecule has 0 radical (unpaired) electrons. The minimum absolute atomic E-state index is 0.0924. The summed E-state index contributed by atoms with van der Waals surface area (Å²) in [5.74, 6) is 0.229. The van der Waals surface area contributed by atoms with E-state index in [9.17, 15) is 18.0 Å². The molecule has 3 rings (SSSR count). The molecule has 0 bridgehead atoms. The lowest BCUT2D eigenvalue weighted by atomic mass is 9.96. The number of anilines is 1. The maximum Gasteiger partial charge on any atom is 0.416 e. The van der Waals surface area contributed by atoms with Gasteiger partial charge in [-0.2, -0.15) is 13.2 Å². The van der Waals surface area contributed by atoms with Crippen LogP contribution < -0.4 is 10.2 Å². The quantitative estimate of drug-likeness (QED) is 0.783. The van der Waals surface area contributed by atoms with Crippen LogP contribution in [0.2, 0.25) is 0 Å². The number of hydrogen-bond donors (Lipinski definition) is 1. The Kier molecular flexibility index (Phi) is 6.35. The number of nitrogens with one attached hydrogen (secondary N) is 1. The zero-order valence-electron chi connectivity index (χ0n) is 16.6. The largest absolute Gasteiger partial charge is 0.416 e. The summed E-state index contributed by atoms with van der Waals surface area (Å²) in [7, 11) is 0. The molecular weight excluding hydrogens is 379 g/mol. The minimum Gasteiger partial charge on any atom is -0.368 e. The van der Waals surface area contributed by atoms with Crippen LogP contribution in [0.15, 0.2) is 54.6 Å². The van der Waals surface area contributed by atoms with E-state index in [0.717, 1.165) is 11.6 Å². The van der Waals surface area contributed by atoms with Crippen LogP contribution in [-0.4, -0.2) is 37.1 Å². The van der Waals surface area contributed by atoms with Gasteiger partial charge in [-0.3, -0.25) is 0 Å². The third-order valence-electron chi connectivity index (χ3n) is 5.21. The van der Waals surface area contributed by atoms with Crippen LogP contribution in [-0.2, 0) is 6.18 Å². The number of rotatable bonds is 4. The first-order valence-corrected chi connectivity index (χ1v) is 9.78. The molecule has 156 valence electrons. The van der Waals surface area contributed by atoms with Crippen LogP contribution in [0.1, 0.15) is 31.0 Å². The lowest BCUT2D eigenvalue weighted by molar-refractivity contribution is -0.137. The number of amides is 2. The third kappa shape index (κ3) is 5.22. The van der Waals surface area contributed by atoms with E-state index in [4.69, 9.17) is 0 Å². The fourth-order valence-electron chi connectivity index (χ4n) is 3.57. The number of urea groups is 1. The van der Waals surface area contributed by atoms with Gasteiger partial charge in [0.1, 0.15) is 0 Å². The standard InChI is InChI=1S/C22H26F3N3O/c1-16(2)20(17-7-4-3-5-8-17)26-21(29)28-13-11-27(12-14-28)19-10-6-9-18(15-19)22(23,24)25/h3-10,15-16,20H,11-14H2,1-2H3,(H,26,29). The third-order valence-corrected chi connectivity index (χ3v) is 5.21. The van der Waals surface area contributed by atoms with Crippen LogP contribution >= 0.6 is 0 Å². The molecule has 0 aromatic heterocycles. The molecule has 2 amide bonds. The topological polar surface area (TPSA) is 35.6 Å². The fraction of sp³-hybridized carbons (Fsp3) is 0.409. The van der Waals surface area contributed by atoms with Crippen molar-refractivity contribution in [2.75, 3.05) is 31.1 Å². The summed E-state index contributed by atoms with van der Waals surface area (Å²) in [6.07, 6.45) is -4.36. The van der Waals surface area contributed by atoms with Gasteiger partial charge < -0.3 is 15.1 Å². The maximum atomic E-state index is 12.9. The Balaban J connectivity index is 1.61. The van der Waals surface area contributed by atoms with Crippen LogP contribution in [0, 0.1) is 5.92 Å². The summed E-state index contributed by atoms with van der Waals surface area (Å²) in [5.41, 5.74) is 0.931. The predicted octanol–water partition coefficient (Wildman–Crippen LogP) is 4.93. The van der Waals surface area contributed by atoms with Gasteiger partial charge in [0.15, 0.2) is 0 Å². The van der Waals surface area contributed by atoms with E-state index in [1.807, 2.05) is 35.2 Å². The van der Waals surface area contributed by atoms with Gasteiger partial charge in [-0.25, -0.2) is 4.79 Å². The first-order chi connectivity index (χ1) is 13.8. The first kappa shape index (κ1) is 21.0. The van der Waals surface area contributed by atoms with Gasteiger partial charge in [0.25, 0.3) is 0 Å². The van der Waals surface area contributed by atoms with E-state index in [0.29, 0.717) is 31.9 Å². The van der Waals surface area contributed by atoms with Gasteiger partial charge in [-0.05, 0) is 29.7 Å². The summed E-state index contributed by atoms with van der Waals surface area (Å²) in [5, 5.41) is 3.11. The number of hydrogen-bond acceptors (Lipinski definition) is 2. The molecule has 2 aromatic rings. The molecule has 2 aromatic carbocycles. The van der Waals surface area contributed by atoms with Crippen LogP contribution in [0.3, 0.4) is 0 Å². The Morgan fingerprint density at radius 2 is 1.62 bits per heavy atom. The second kappa shape index (κ2) is 8.76. The summed E-state index contributed by atoms with van der Waals surface area (Å²) in [4.78, 5) is 16.4. The molecule has 1 unspecified atom stereocenters. The number of piperazine rings is 1. The van der Waals surface area contributed by atoms with Gasteiger partial charge in [-0.1, -0.05) is 50.2 Å². The average molecular weight is 405 g/mol. The van der Waals surface area contributed by atoms with Crippen molar-refractivity contribution >= 4 is 11.7 Å². The van der Waals surface area contributed by atoms with Gasteiger partial charge in [0, 0.05) is 31.9 Å². The number of carbonyl (C=O) groups excluding carboxylic acids is 1. The molecule has 1 N–H and O–H groups in total. The number of benzene rings is 2. The highest BCUT2D eigenvalue weighted by molar-refractivity contribution is 5.75. The van der Waals surface area contributed by atoms with Crippen molar-refractivity contribution in [2.45, 2.75) is 26.1 Å². The molecule has 1 aliphatic rings. The fourth-order valence-corrected chi connectivity index (χ4v) is 3.57. The van der Waals surface area contributed by atoms with Crippen molar-refractivity contribution in [3.8, 4) is 0 Å². The lowest BCUT2D eigenvalue weighted by Crippen LogP contribution is -2.52. The highest BCUT2D eigenvalue weighted by atomic mass is 19.4. The van der Waals surface area contributed by atoms with Gasteiger partial charge in [-0.15, -0.1) is 0 Å². The Labute approximate surface area is 169 Å².